The average Bonchev–Trinajstić information content (AvgIpc) is 2.45. The molecule has 0 amide bonds. The van der Waals surface area contributed by atoms with Crippen molar-refractivity contribution in [2.75, 3.05) is 0 Å². The zero-order valence-corrected chi connectivity index (χ0v) is 11.2. The molecule has 0 saturated heterocycles. The topological polar surface area (TPSA) is 42.2 Å². The first kappa shape index (κ1) is 17.1. The van der Waals surface area contributed by atoms with E-state index in [2.05, 4.69) is 0 Å². The summed E-state index contributed by atoms with van der Waals surface area (Å²) in [6, 6.07) is 5.14. The summed E-state index contributed by atoms with van der Waals surface area (Å²) in [4.78, 5) is 11.6. The van der Waals surface area contributed by atoms with Crippen molar-refractivity contribution in [2.24, 2.45) is 0 Å². The molecule has 1 aromatic carbocycles. The van der Waals surface area contributed by atoms with Gasteiger partial charge < -0.3 is 5.11 Å². The number of aliphatic hydroxyl groups is 1. The SMILES string of the molecule is O=c1ccc(C(F)(F)F)cn1-c1ccc(C(O)C(F)(F)F)cc1. The van der Waals surface area contributed by atoms with Gasteiger partial charge in [0.05, 0.1) is 5.56 Å². The van der Waals surface area contributed by atoms with Crippen molar-refractivity contribution in [1.82, 2.24) is 4.57 Å². The van der Waals surface area contributed by atoms with Crippen LogP contribution >= 0.6 is 0 Å². The molecule has 0 radical (unpaired) electrons. The lowest BCUT2D eigenvalue weighted by Crippen LogP contribution is -2.21. The Morgan fingerprint density at radius 2 is 1.48 bits per heavy atom. The number of aromatic nitrogens is 1. The lowest BCUT2D eigenvalue weighted by atomic mass is 10.1. The first-order valence-electron chi connectivity index (χ1n) is 6.15. The van der Waals surface area contributed by atoms with E-state index in [1.54, 1.807) is 0 Å². The van der Waals surface area contributed by atoms with Gasteiger partial charge in [-0.3, -0.25) is 9.36 Å². The van der Waals surface area contributed by atoms with Crippen LogP contribution in [-0.2, 0) is 6.18 Å². The molecule has 9 heteroatoms. The Morgan fingerprint density at radius 3 is 1.96 bits per heavy atom. The minimum atomic E-state index is -4.87. The fourth-order valence-corrected chi connectivity index (χ4v) is 1.86. The van der Waals surface area contributed by atoms with Crippen LogP contribution in [0.15, 0.2) is 47.4 Å². The van der Waals surface area contributed by atoms with Crippen LogP contribution < -0.4 is 5.56 Å². The number of nitrogens with zero attached hydrogens (tertiary/aromatic N) is 1. The maximum atomic E-state index is 12.6. The highest BCUT2D eigenvalue weighted by Crippen LogP contribution is 2.33. The Morgan fingerprint density at radius 1 is 0.913 bits per heavy atom. The molecule has 0 spiro atoms. The fourth-order valence-electron chi connectivity index (χ4n) is 1.86. The summed E-state index contributed by atoms with van der Waals surface area (Å²) in [5.41, 5.74) is -2.39. The van der Waals surface area contributed by atoms with Gasteiger partial charge in [0.1, 0.15) is 0 Å². The summed E-state index contributed by atoms with van der Waals surface area (Å²) < 4.78 is 75.7. The third-order valence-electron chi connectivity index (χ3n) is 3.04. The molecule has 1 heterocycles. The van der Waals surface area contributed by atoms with Gasteiger partial charge in [-0.15, -0.1) is 0 Å². The van der Waals surface area contributed by atoms with Gasteiger partial charge >= 0.3 is 12.4 Å². The van der Waals surface area contributed by atoms with E-state index >= 15 is 0 Å². The molecule has 0 aliphatic carbocycles. The van der Waals surface area contributed by atoms with E-state index in [1.165, 1.54) is 0 Å². The lowest BCUT2D eigenvalue weighted by Gasteiger charge is -2.15. The van der Waals surface area contributed by atoms with Crippen LogP contribution in [0.3, 0.4) is 0 Å². The number of benzene rings is 1. The summed E-state index contributed by atoms with van der Waals surface area (Å²) in [6.07, 6.45) is -11.7. The van der Waals surface area contributed by atoms with Crippen molar-refractivity contribution in [2.45, 2.75) is 18.5 Å². The Bertz CT molecular complexity index is 746. The van der Waals surface area contributed by atoms with Crippen LogP contribution in [0.5, 0.6) is 0 Å². The number of hydrogen-bond acceptors (Lipinski definition) is 2. The standard InChI is InChI=1S/C14H9F6NO2/c15-13(16,17)9-3-6-11(22)21(7-9)10-4-1-8(2-5-10)12(23)14(18,19)20/h1-7,12,23H. The Labute approximate surface area is 125 Å². The maximum Gasteiger partial charge on any atom is 0.418 e. The highest BCUT2D eigenvalue weighted by molar-refractivity contribution is 5.37. The molecular weight excluding hydrogens is 328 g/mol. The lowest BCUT2D eigenvalue weighted by molar-refractivity contribution is -0.206. The average molecular weight is 337 g/mol. The number of halogens is 6. The molecule has 2 rings (SSSR count). The molecule has 0 aliphatic heterocycles. The molecule has 124 valence electrons. The predicted molar refractivity (Wildman–Crippen MR) is 68.1 cm³/mol. The number of rotatable bonds is 2. The molecule has 1 unspecified atom stereocenters. The van der Waals surface area contributed by atoms with Crippen molar-refractivity contribution < 1.29 is 31.4 Å². The van der Waals surface area contributed by atoms with Gasteiger partial charge in [0.2, 0.25) is 0 Å². The van der Waals surface area contributed by atoms with Crippen molar-refractivity contribution in [3.05, 3.63) is 64.1 Å². The molecule has 0 bridgehead atoms. The van der Waals surface area contributed by atoms with E-state index in [1.807, 2.05) is 0 Å². The van der Waals surface area contributed by atoms with E-state index in [-0.39, 0.29) is 5.69 Å². The van der Waals surface area contributed by atoms with E-state index in [0.717, 1.165) is 24.3 Å². The van der Waals surface area contributed by atoms with Gasteiger partial charge in [-0.2, -0.15) is 26.3 Å². The molecule has 1 atom stereocenters. The molecule has 23 heavy (non-hydrogen) atoms. The van der Waals surface area contributed by atoms with Gasteiger partial charge in [-0.05, 0) is 23.8 Å². The predicted octanol–water partition coefficient (Wildman–Crippen LogP) is 3.45. The fraction of sp³-hybridized carbons (Fsp3) is 0.214. The quantitative estimate of drug-likeness (QED) is 0.853. The van der Waals surface area contributed by atoms with Crippen LogP contribution in [-0.4, -0.2) is 15.8 Å². The minimum absolute atomic E-state index is 0.0563. The molecule has 1 aromatic heterocycles. The third kappa shape index (κ3) is 3.73. The monoisotopic (exact) mass is 337 g/mol. The maximum absolute atomic E-state index is 12.6. The Hall–Kier alpha value is -2.29. The summed E-state index contributed by atoms with van der Waals surface area (Å²) in [7, 11) is 0. The van der Waals surface area contributed by atoms with Crippen molar-refractivity contribution >= 4 is 0 Å². The minimum Gasteiger partial charge on any atom is -0.379 e. The summed E-state index contributed by atoms with van der Waals surface area (Å²) >= 11 is 0. The molecule has 2 aromatic rings. The van der Waals surface area contributed by atoms with Crippen LogP contribution in [0.4, 0.5) is 26.3 Å². The number of pyridine rings is 1. The summed E-state index contributed by atoms with van der Waals surface area (Å²) in [5, 5.41) is 9.08. The van der Waals surface area contributed by atoms with Crippen molar-refractivity contribution in [1.29, 1.82) is 0 Å². The molecular formula is C14H9F6NO2. The zero-order chi connectivity index (χ0) is 17.4. The highest BCUT2D eigenvalue weighted by atomic mass is 19.4. The van der Waals surface area contributed by atoms with Crippen LogP contribution in [0.25, 0.3) is 5.69 Å². The second-order valence-corrected chi connectivity index (χ2v) is 4.66. The van der Waals surface area contributed by atoms with Crippen LogP contribution in [0, 0.1) is 0 Å². The number of hydrogen-bond donors (Lipinski definition) is 1. The van der Waals surface area contributed by atoms with Gasteiger partial charge in [-0.1, -0.05) is 12.1 Å². The normalized spacial score (nSPS) is 13.9. The van der Waals surface area contributed by atoms with Crippen molar-refractivity contribution in [3.63, 3.8) is 0 Å². The summed E-state index contributed by atoms with van der Waals surface area (Å²) in [5.74, 6) is 0. The second kappa shape index (κ2) is 5.73. The van der Waals surface area contributed by atoms with Gasteiger partial charge in [0, 0.05) is 18.0 Å². The Balaban J connectivity index is 2.42. The largest absolute Gasteiger partial charge is 0.418 e. The summed E-state index contributed by atoms with van der Waals surface area (Å²) in [6.45, 7) is 0. The van der Waals surface area contributed by atoms with Crippen LogP contribution in [0.2, 0.25) is 0 Å². The molecule has 3 nitrogen and oxygen atoms in total. The smallest absolute Gasteiger partial charge is 0.379 e. The van der Waals surface area contributed by atoms with Gasteiger partial charge in [0.15, 0.2) is 6.10 Å². The number of alkyl halides is 6. The molecule has 1 N–H and O–H groups in total. The zero-order valence-electron chi connectivity index (χ0n) is 11.2. The van der Waals surface area contributed by atoms with Gasteiger partial charge in [0.25, 0.3) is 5.56 Å². The van der Waals surface area contributed by atoms with E-state index in [0.29, 0.717) is 22.9 Å². The van der Waals surface area contributed by atoms with Gasteiger partial charge in [-0.25, -0.2) is 0 Å². The third-order valence-corrected chi connectivity index (χ3v) is 3.04. The van der Waals surface area contributed by atoms with Crippen molar-refractivity contribution in [3.8, 4) is 5.69 Å². The first-order valence-corrected chi connectivity index (χ1v) is 6.15. The second-order valence-electron chi connectivity index (χ2n) is 4.66. The Kier molecular flexibility index (Phi) is 4.25. The molecule has 0 aliphatic rings. The number of aliphatic hydroxyl groups excluding tert-OH is 1. The molecule has 0 fully saturated rings. The molecule has 0 saturated carbocycles. The first-order chi connectivity index (χ1) is 10.5. The van der Waals surface area contributed by atoms with Crippen LogP contribution in [0.1, 0.15) is 17.2 Å². The van der Waals surface area contributed by atoms with E-state index in [9.17, 15) is 31.1 Å². The van der Waals surface area contributed by atoms with E-state index in [4.69, 9.17) is 5.11 Å². The highest BCUT2D eigenvalue weighted by Gasteiger charge is 2.39. The van der Waals surface area contributed by atoms with E-state index < -0.39 is 35.1 Å².